The van der Waals surface area contributed by atoms with Gasteiger partial charge >= 0.3 is 5.97 Å². The van der Waals surface area contributed by atoms with Crippen molar-refractivity contribution >= 4 is 11.9 Å². The molecule has 85 heavy (non-hydrogen) atoms. The predicted molar refractivity (Wildman–Crippen MR) is 375 cm³/mol. The fraction of sp³-hybridized carbons (Fsp3) is 0.949. The number of allylic oxidation sites excluding steroid dienone is 2. The Bertz CT molecular complexity index is 1290. The van der Waals surface area contributed by atoms with E-state index >= 15 is 0 Å². The Morgan fingerprint density at radius 3 is 0.871 bits per heavy atom. The highest BCUT2D eigenvalue weighted by molar-refractivity contribution is 5.76. The number of aliphatic hydroxyl groups excluding tert-OH is 2. The summed E-state index contributed by atoms with van der Waals surface area (Å²) in [7, 11) is 0. The van der Waals surface area contributed by atoms with Gasteiger partial charge in [0.2, 0.25) is 5.91 Å². The van der Waals surface area contributed by atoms with E-state index in [2.05, 4.69) is 31.3 Å². The molecule has 0 heterocycles. The van der Waals surface area contributed by atoms with Crippen LogP contribution in [0.15, 0.2) is 12.2 Å². The maximum absolute atomic E-state index is 12.5. The van der Waals surface area contributed by atoms with Crippen molar-refractivity contribution < 1.29 is 24.5 Å². The first-order valence-electron chi connectivity index (χ1n) is 39.4. The summed E-state index contributed by atoms with van der Waals surface area (Å²) in [6.07, 6.45) is 94.6. The molecular formula is C79H155NO5. The lowest BCUT2D eigenvalue weighted by Gasteiger charge is -2.22. The van der Waals surface area contributed by atoms with E-state index in [0.29, 0.717) is 25.9 Å². The minimum atomic E-state index is -0.660. The van der Waals surface area contributed by atoms with Crippen molar-refractivity contribution in [2.75, 3.05) is 13.2 Å². The summed E-state index contributed by atoms with van der Waals surface area (Å²) in [5, 5.41) is 23.4. The molecular weight excluding hydrogens is 1040 g/mol. The van der Waals surface area contributed by atoms with Crippen LogP contribution in [-0.2, 0) is 14.3 Å². The lowest BCUT2D eigenvalue weighted by atomic mass is 10.0. The van der Waals surface area contributed by atoms with E-state index in [4.69, 9.17) is 4.74 Å². The average Bonchev–Trinajstić information content (AvgIpc) is 3.55. The zero-order valence-electron chi connectivity index (χ0n) is 58.1. The fourth-order valence-electron chi connectivity index (χ4n) is 12.8. The van der Waals surface area contributed by atoms with Crippen LogP contribution in [-0.4, -0.2) is 47.4 Å². The van der Waals surface area contributed by atoms with Gasteiger partial charge in [-0.2, -0.15) is 0 Å². The molecule has 0 aromatic rings. The van der Waals surface area contributed by atoms with Crippen LogP contribution in [0.3, 0.4) is 0 Å². The third-order valence-corrected chi connectivity index (χ3v) is 18.8. The van der Waals surface area contributed by atoms with Crippen molar-refractivity contribution in [2.24, 2.45) is 0 Å². The molecule has 2 atom stereocenters. The monoisotopic (exact) mass is 1200 g/mol. The normalized spacial score (nSPS) is 12.5. The lowest BCUT2D eigenvalue weighted by Crippen LogP contribution is -2.45. The van der Waals surface area contributed by atoms with Gasteiger partial charge in [-0.1, -0.05) is 411 Å². The van der Waals surface area contributed by atoms with E-state index in [1.165, 1.54) is 379 Å². The number of rotatable bonds is 75. The highest BCUT2D eigenvalue weighted by Crippen LogP contribution is 2.20. The molecule has 0 fully saturated rings. The topological polar surface area (TPSA) is 95.9 Å². The zero-order valence-corrected chi connectivity index (χ0v) is 58.1. The van der Waals surface area contributed by atoms with Gasteiger partial charge in [0.1, 0.15) is 0 Å². The standard InChI is InChI=1S/C79H155NO5/c1-3-5-7-9-11-13-15-16-17-18-42-45-48-52-55-59-63-67-71-77(82)76(75-81)80-78(83)72-68-64-60-56-53-49-46-43-40-38-36-34-32-30-28-26-24-22-20-19-21-23-25-27-29-31-33-35-37-39-41-44-47-50-54-58-62-66-70-74-85-79(84)73-69-65-61-57-51-14-12-10-8-6-4-2/h10,12,76-77,81-82H,3-9,11,13-75H2,1-2H3,(H,80,83)/b12-10-. The second-order valence-corrected chi connectivity index (χ2v) is 27.4. The van der Waals surface area contributed by atoms with Crippen LogP contribution >= 0.6 is 0 Å². The number of hydrogen-bond acceptors (Lipinski definition) is 5. The first-order chi connectivity index (χ1) is 42.0. The van der Waals surface area contributed by atoms with Crippen LogP contribution in [0.5, 0.6) is 0 Å². The highest BCUT2D eigenvalue weighted by Gasteiger charge is 2.20. The molecule has 0 bridgehead atoms. The molecule has 0 aliphatic carbocycles. The first kappa shape index (κ1) is 83.6. The second kappa shape index (κ2) is 75.1. The van der Waals surface area contributed by atoms with Crippen LogP contribution in [0.4, 0.5) is 0 Å². The molecule has 1 amide bonds. The number of aliphatic hydroxyl groups is 2. The Morgan fingerprint density at radius 2 is 0.565 bits per heavy atom. The summed E-state index contributed by atoms with van der Waals surface area (Å²) in [4.78, 5) is 24.6. The number of carbonyl (C=O) groups is 2. The van der Waals surface area contributed by atoms with Gasteiger partial charge in [-0.05, 0) is 44.9 Å². The van der Waals surface area contributed by atoms with Crippen molar-refractivity contribution in [1.29, 1.82) is 0 Å². The van der Waals surface area contributed by atoms with Crippen LogP contribution in [0.1, 0.15) is 457 Å². The number of nitrogens with one attached hydrogen (secondary N) is 1. The minimum absolute atomic E-state index is 0.0138. The molecule has 0 spiro atoms. The van der Waals surface area contributed by atoms with Crippen molar-refractivity contribution in [2.45, 2.75) is 469 Å². The fourth-order valence-corrected chi connectivity index (χ4v) is 12.8. The zero-order chi connectivity index (χ0) is 61.3. The molecule has 0 radical (unpaired) electrons. The van der Waals surface area contributed by atoms with Gasteiger partial charge < -0.3 is 20.3 Å². The lowest BCUT2D eigenvalue weighted by molar-refractivity contribution is -0.143. The van der Waals surface area contributed by atoms with Crippen LogP contribution < -0.4 is 5.32 Å². The summed E-state index contributed by atoms with van der Waals surface area (Å²) >= 11 is 0. The first-order valence-corrected chi connectivity index (χ1v) is 39.4. The smallest absolute Gasteiger partial charge is 0.305 e. The maximum Gasteiger partial charge on any atom is 0.305 e. The number of unbranched alkanes of at least 4 members (excludes halogenated alkanes) is 62. The van der Waals surface area contributed by atoms with Crippen LogP contribution in [0.2, 0.25) is 0 Å². The van der Waals surface area contributed by atoms with Gasteiger partial charge in [0.25, 0.3) is 0 Å². The van der Waals surface area contributed by atoms with E-state index in [-0.39, 0.29) is 18.5 Å². The van der Waals surface area contributed by atoms with Gasteiger partial charge in [0, 0.05) is 12.8 Å². The molecule has 0 aliphatic heterocycles. The Kier molecular flexibility index (Phi) is 73.8. The number of amides is 1. The van der Waals surface area contributed by atoms with Gasteiger partial charge in [-0.15, -0.1) is 0 Å². The molecule has 0 aliphatic rings. The molecule has 0 aromatic heterocycles. The Morgan fingerprint density at radius 1 is 0.318 bits per heavy atom. The number of ether oxygens (including phenoxy) is 1. The van der Waals surface area contributed by atoms with Crippen LogP contribution in [0, 0.1) is 0 Å². The molecule has 0 aromatic carbocycles. The summed E-state index contributed by atoms with van der Waals surface area (Å²) in [5.41, 5.74) is 0. The quantitative estimate of drug-likeness (QED) is 0.0320. The predicted octanol–water partition coefficient (Wildman–Crippen LogP) is 25.9. The SMILES string of the molecule is CCCC/C=C\CCCCCCCC(=O)OCCCCCCCCCCCCCCCCCCCCCCCCCCCCCCCCCCCCCCCCCC(=O)NC(CO)C(O)CCCCCCCCCCCCCCCCCCCC. The highest BCUT2D eigenvalue weighted by atomic mass is 16.5. The third kappa shape index (κ3) is 71.6. The summed E-state index contributed by atoms with van der Waals surface area (Å²) in [6.45, 7) is 4.97. The van der Waals surface area contributed by atoms with Crippen molar-refractivity contribution in [3.8, 4) is 0 Å². The summed E-state index contributed by atoms with van der Waals surface area (Å²) in [5.74, 6) is -0.0101. The average molecular weight is 1200 g/mol. The van der Waals surface area contributed by atoms with Gasteiger partial charge in [-0.3, -0.25) is 9.59 Å². The van der Waals surface area contributed by atoms with E-state index in [1.54, 1.807) is 0 Å². The Balaban J connectivity index is 3.29. The van der Waals surface area contributed by atoms with E-state index in [9.17, 15) is 19.8 Å². The largest absolute Gasteiger partial charge is 0.466 e. The molecule has 0 saturated carbocycles. The molecule has 6 nitrogen and oxygen atoms in total. The molecule has 506 valence electrons. The molecule has 0 rings (SSSR count). The maximum atomic E-state index is 12.5. The Hall–Kier alpha value is -1.40. The molecule has 6 heteroatoms. The van der Waals surface area contributed by atoms with Gasteiger partial charge in [0.15, 0.2) is 0 Å². The van der Waals surface area contributed by atoms with E-state index in [1.807, 2.05) is 0 Å². The van der Waals surface area contributed by atoms with Gasteiger partial charge in [-0.25, -0.2) is 0 Å². The van der Waals surface area contributed by atoms with E-state index < -0.39 is 12.1 Å². The van der Waals surface area contributed by atoms with Crippen molar-refractivity contribution in [3.05, 3.63) is 12.2 Å². The molecule has 0 saturated heterocycles. The molecule has 2 unspecified atom stereocenters. The third-order valence-electron chi connectivity index (χ3n) is 18.8. The second-order valence-electron chi connectivity index (χ2n) is 27.4. The van der Waals surface area contributed by atoms with Crippen molar-refractivity contribution in [3.63, 3.8) is 0 Å². The van der Waals surface area contributed by atoms with Gasteiger partial charge in [0.05, 0.1) is 25.4 Å². The van der Waals surface area contributed by atoms with Crippen molar-refractivity contribution in [1.82, 2.24) is 5.32 Å². The molecule has 3 N–H and O–H groups in total. The number of hydrogen-bond donors (Lipinski definition) is 3. The number of esters is 1. The summed E-state index contributed by atoms with van der Waals surface area (Å²) < 4.78 is 5.48. The van der Waals surface area contributed by atoms with E-state index in [0.717, 1.165) is 44.9 Å². The summed E-state index contributed by atoms with van der Waals surface area (Å²) in [6, 6.07) is -0.536. The number of carbonyl (C=O) groups excluding carboxylic acids is 2. The minimum Gasteiger partial charge on any atom is -0.466 e. The Labute approximate surface area is 533 Å². The van der Waals surface area contributed by atoms with Crippen LogP contribution in [0.25, 0.3) is 0 Å².